The molecule has 1 saturated carbocycles. The second kappa shape index (κ2) is 4.84. The van der Waals surface area contributed by atoms with E-state index in [0.29, 0.717) is 5.41 Å². The molecule has 114 valence electrons. The SMILES string of the molecule is CC(C)(C[N+]12CCC(CC1)CC2)C1CC2C=CC1C2.[OH-]. The van der Waals surface area contributed by atoms with Crippen molar-refractivity contribution in [1.29, 1.82) is 0 Å². The number of allylic oxidation sites excluding steroid dienone is 2. The largest absolute Gasteiger partial charge is 0.870 e. The van der Waals surface area contributed by atoms with Crippen molar-refractivity contribution >= 4 is 0 Å². The van der Waals surface area contributed by atoms with Crippen LogP contribution in [0.3, 0.4) is 0 Å². The van der Waals surface area contributed by atoms with Gasteiger partial charge in [0.05, 0.1) is 26.2 Å². The van der Waals surface area contributed by atoms with Gasteiger partial charge in [0.2, 0.25) is 0 Å². The van der Waals surface area contributed by atoms with E-state index in [1.807, 2.05) is 0 Å². The molecule has 3 aliphatic heterocycles. The van der Waals surface area contributed by atoms with Gasteiger partial charge in [-0.3, -0.25) is 0 Å². The van der Waals surface area contributed by atoms with Gasteiger partial charge in [-0.25, -0.2) is 0 Å². The number of hydrogen-bond acceptors (Lipinski definition) is 1. The van der Waals surface area contributed by atoms with E-state index in [1.165, 1.54) is 62.8 Å². The quantitative estimate of drug-likeness (QED) is 0.571. The summed E-state index contributed by atoms with van der Waals surface area (Å²) in [6.07, 6.45) is 12.6. The molecule has 2 nitrogen and oxygen atoms in total. The summed E-state index contributed by atoms with van der Waals surface area (Å²) >= 11 is 0. The molecule has 0 amide bonds. The number of hydrogen-bond donors (Lipinski definition) is 0. The molecule has 0 radical (unpaired) electrons. The molecule has 2 heteroatoms. The molecule has 4 fully saturated rings. The average molecular weight is 277 g/mol. The molecule has 1 N–H and O–H groups in total. The van der Waals surface area contributed by atoms with Gasteiger partial charge in [-0.2, -0.15) is 0 Å². The topological polar surface area (TPSA) is 30.0 Å². The maximum atomic E-state index is 2.58. The van der Waals surface area contributed by atoms with E-state index in [-0.39, 0.29) is 5.48 Å². The van der Waals surface area contributed by atoms with E-state index < -0.39 is 0 Å². The number of nitrogens with zero attached hydrogens (tertiary/aromatic N) is 1. The molecule has 20 heavy (non-hydrogen) atoms. The van der Waals surface area contributed by atoms with Crippen molar-refractivity contribution in [1.82, 2.24) is 0 Å². The molecule has 3 heterocycles. The Labute approximate surface area is 124 Å². The van der Waals surface area contributed by atoms with Crippen LogP contribution in [0.2, 0.25) is 0 Å². The highest BCUT2D eigenvalue weighted by molar-refractivity contribution is 5.12. The highest BCUT2D eigenvalue weighted by atomic mass is 16.0. The number of fused-ring (bicyclic) bond motifs is 5. The van der Waals surface area contributed by atoms with Gasteiger partial charge in [0.25, 0.3) is 0 Å². The Morgan fingerprint density at radius 3 is 2.15 bits per heavy atom. The molecule has 0 aromatic carbocycles. The molecule has 0 aromatic rings. The van der Waals surface area contributed by atoms with Crippen molar-refractivity contribution in [3.05, 3.63) is 12.2 Å². The maximum Gasteiger partial charge on any atom is 0.0841 e. The number of rotatable bonds is 3. The lowest BCUT2D eigenvalue weighted by molar-refractivity contribution is -0.948. The number of piperidine rings is 3. The Bertz CT molecular complexity index is 378. The number of quaternary nitrogens is 1. The molecule has 4 bridgehead atoms. The zero-order chi connectivity index (χ0) is 13.1. The van der Waals surface area contributed by atoms with Gasteiger partial charge in [0, 0.05) is 5.41 Å². The highest BCUT2D eigenvalue weighted by Crippen LogP contribution is 2.52. The predicted octanol–water partition coefficient (Wildman–Crippen LogP) is 3.68. The average Bonchev–Trinajstić information content (AvgIpc) is 3.02. The van der Waals surface area contributed by atoms with E-state index >= 15 is 0 Å². The lowest BCUT2D eigenvalue weighted by atomic mass is 9.70. The van der Waals surface area contributed by atoms with Gasteiger partial charge in [-0.05, 0) is 55.8 Å². The summed E-state index contributed by atoms with van der Waals surface area (Å²) in [7, 11) is 0. The molecule has 0 spiro atoms. The van der Waals surface area contributed by atoms with E-state index in [1.54, 1.807) is 0 Å². The molecule has 3 unspecified atom stereocenters. The van der Waals surface area contributed by atoms with Crippen LogP contribution in [-0.2, 0) is 0 Å². The van der Waals surface area contributed by atoms with Crippen molar-refractivity contribution in [2.45, 2.75) is 46.0 Å². The van der Waals surface area contributed by atoms with Crippen molar-refractivity contribution < 1.29 is 9.96 Å². The minimum absolute atomic E-state index is 0. The first kappa shape index (κ1) is 14.6. The highest BCUT2D eigenvalue weighted by Gasteiger charge is 2.49. The van der Waals surface area contributed by atoms with Crippen LogP contribution in [0.25, 0.3) is 0 Å². The normalized spacial score (nSPS) is 45.7. The maximum absolute atomic E-state index is 2.58. The molecule has 0 aromatic heterocycles. The first-order valence-electron chi connectivity index (χ1n) is 8.60. The molecule has 5 rings (SSSR count). The second-order valence-electron chi connectivity index (χ2n) is 8.78. The summed E-state index contributed by atoms with van der Waals surface area (Å²) in [5, 5.41) is 0. The second-order valence-corrected chi connectivity index (χ2v) is 8.78. The van der Waals surface area contributed by atoms with Crippen LogP contribution in [0.5, 0.6) is 0 Å². The van der Waals surface area contributed by atoms with Crippen molar-refractivity contribution in [3.63, 3.8) is 0 Å². The molecule has 5 aliphatic rings. The Morgan fingerprint density at radius 1 is 1.00 bits per heavy atom. The van der Waals surface area contributed by atoms with Gasteiger partial charge >= 0.3 is 0 Å². The van der Waals surface area contributed by atoms with Gasteiger partial charge < -0.3 is 9.96 Å². The van der Waals surface area contributed by atoms with Crippen LogP contribution < -0.4 is 0 Å². The predicted molar refractivity (Wildman–Crippen MR) is 81.6 cm³/mol. The smallest absolute Gasteiger partial charge is 0.0841 e. The minimum Gasteiger partial charge on any atom is -0.870 e. The third kappa shape index (κ3) is 2.25. The summed E-state index contributed by atoms with van der Waals surface area (Å²) in [4.78, 5) is 0. The molecular formula is C18H31NO. The molecule has 3 saturated heterocycles. The monoisotopic (exact) mass is 277 g/mol. The molecular weight excluding hydrogens is 246 g/mol. The zero-order valence-corrected chi connectivity index (χ0v) is 13.2. The van der Waals surface area contributed by atoms with Gasteiger partial charge in [-0.1, -0.05) is 26.0 Å². The van der Waals surface area contributed by atoms with Gasteiger partial charge in [0.1, 0.15) is 0 Å². The van der Waals surface area contributed by atoms with E-state index in [9.17, 15) is 0 Å². The molecule has 2 aliphatic carbocycles. The van der Waals surface area contributed by atoms with Crippen LogP contribution in [0.4, 0.5) is 0 Å². The van der Waals surface area contributed by atoms with E-state index in [2.05, 4.69) is 26.0 Å². The van der Waals surface area contributed by atoms with Crippen LogP contribution in [0.15, 0.2) is 12.2 Å². The third-order valence-corrected chi connectivity index (χ3v) is 7.06. The summed E-state index contributed by atoms with van der Waals surface area (Å²) in [5.74, 6) is 3.91. The lowest BCUT2D eigenvalue weighted by Crippen LogP contribution is -2.62. The van der Waals surface area contributed by atoms with Crippen LogP contribution in [0.1, 0.15) is 46.0 Å². The summed E-state index contributed by atoms with van der Waals surface area (Å²) in [5.41, 5.74) is 0.550. The van der Waals surface area contributed by atoms with Crippen molar-refractivity contribution in [2.75, 3.05) is 26.2 Å². The standard InChI is InChI=1S/C18H30N.H2O/c1-18(2,17-12-15-3-4-16(17)11-15)13-19-8-5-14(6-9-19)7-10-19;/h3-4,14-17H,5-13H2,1-2H3;1H2/q+1;/p-1. The van der Waals surface area contributed by atoms with Gasteiger partial charge in [-0.15, -0.1) is 0 Å². The molecule has 3 atom stereocenters. The minimum atomic E-state index is 0. The van der Waals surface area contributed by atoms with E-state index in [4.69, 9.17) is 0 Å². The Balaban J connectivity index is 0.00000121. The Morgan fingerprint density at radius 2 is 1.65 bits per heavy atom. The van der Waals surface area contributed by atoms with Crippen molar-refractivity contribution in [2.24, 2.45) is 29.1 Å². The van der Waals surface area contributed by atoms with Crippen LogP contribution in [0, 0.1) is 29.1 Å². The Hall–Kier alpha value is -0.340. The Kier molecular flexibility index (Phi) is 3.53. The van der Waals surface area contributed by atoms with Crippen LogP contribution >= 0.6 is 0 Å². The zero-order valence-electron chi connectivity index (χ0n) is 13.2. The first-order chi connectivity index (χ1) is 9.06. The fraction of sp³-hybridized carbons (Fsp3) is 0.889. The third-order valence-electron chi connectivity index (χ3n) is 7.06. The first-order valence-corrected chi connectivity index (χ1v) is 8.60. The lowest BCUT2D eigenvalue weighted by Gasteiger charge is -2.53. The summed E-state index contributed by atoms with van der Waals surface area (Å²) < 4.78 is 1.47. The fourth-order valence-corrected chi connectivity index (χ4v) is 6.04. The van der Waals surface area contributed by atoms with Gasteiger partial charge in [0.15, 0.2) is 0 Å². The van der Waals surface area contributed by atoms with E-state index in [0.717, 1.165) is 23.7 Å². The van der Waals surface area contributed by atoms with Crippen LogP contribution in [-0.4, -0.2) is 36.1 Å². The van der Waals surface area contributed by atoms with Crippen molar-refractivity contribution in [3.8, 4) is 0 Å². The summed E-state index contributed by atoms with van der Waals surface area (Å²) in [6.45, 7) is 11.1. The fourth-order valence-electron chi connectivity index (χ4n) is 6.04. The summed E-state index contributed by atoms with van der Waals surface area (Å²) in [6, 6.07) is 0.